The van der Waals surface area contributed by atoms with Gasteiger partial charge in [0.2, 0.25) is 5.91 Å². The molecular formula is C11H17N3O2. The standard InChI is InChI=1S/C11H17N3O2/c1-8(2)11(16)12-4-5-14-7-13-9(3)6-10(14)15/h6-8H,4-5H2,1-3H3,(H,12,16). The highest BCUT2D eigenvalue weighted by molar-refractivity contribution is 5.77. The minimum Gasteiger partial charge on any atom is -0.354 e. The lowest BCUT2D eigenvalue weighted by Gasteiger charge is -2.08. The van der Waals surface area contributed by atoms with Crippen molar-refractivity contribution in [2.45, 2.75) is 27.3 Å². The van der Waals surface area contributed by atoms with Crippen molar-refractivity contribution < 1.29 is 4.79 Å². The first-order valence-corrected chi connectivity index (χ1v) is 5.31. The number of aryl methyl sites for hydroxylation is 1. The highest BCUT2D eigenvalue weighted by atomic mass is 16.2. The number of rotatable bonds is 4. The molecule has 0 radical (unpaired) electrons. The van der Waals surface area contributed by atoms with Gasteiger partial charge in [-0.2, -0.15) is 0 Å². The number of carbonyl (C=O) groups excluding carboxylic acids is 1. The number of aromatic nitrogens is 2. The van der Waals surface area contributed by atoms with E-state index in [1.165, 1.54) is 17.0 Å². The molecule has 1 amide bonds. The lowest BCUT2D eigenvalue weighted by Crippen LogP contribution is -2.33. The molecular weight excluding hydrogens is 206 g/mol. The second kappa shape index (κ2) is 5.44. The normalized spacial score (nSPS) is 10.5. The zero-order valence-corrected chi connectivity index (χ0v) is 9.86. The van der Waals surface area contributed by atoms with Gasteiger partial charge in [-0.15, -0.1) is 0 Å². The summed E-state index contributed by atoms with van der Waals surface area (Å²) in [6, 6.07) is 1.48. The molecule has 0 aliphatic rings. The molecule has 0 atom stereocenters. The van der Waals surface area contributed by atoms with Crippen LogP contribution in [0.4, 0.5) is 0 Å². The zero-order chi connectivity index (χ0) is 12.1. The van der Waals surface area contributed by atoms with Gasteiger partial charge in [0.15, 0.2) is 0 Å². The van der Waals surface area contributed by atoms with Crippen LogP contribution in [-0.4, -0.2) is 22.0 Å². The van der Waals surface area contributed by atoms with Crippen LogP contribution in [-0.2, 0) is 11.3 Å². The Morgan fingerprint density at radius 3 is 2.81 bits per heavy atom. The number of nitrogens with zero attached hydrogens (tertiary/aromatic N) is 2. The first-order chi connectivity index (χ1) is 7.50. The average molecular weight is 223 g/mol. The molecule has 1 aromatic rings. The Hall–Kier alpha value is -1.65. The van der Waals surface area contributed by atoms with Crippen molar-refractivity contribution in [1.29, 1.82) is 0 Å². The van der Waals surface area contributed by atoms with Gasteiger partial charge in [0.1, 0.15) is 0 Å². The quantitative estimate of drug-likeness (QED) is 0.799. The summed E-state index contributed by atoms with van der Waals surface area (Å²) in [5.74, 6) is -0.0408. The van der Waals surface area contributed by atoms with Crippen molar-refractivity contribution in [2.75, 3.05) is 6.54 Å². The fourth-order valence-corrected chi connectivity index (χ4v) is 1.19. The summed E-state index contributed by atoms with van der Waals surface area (Å²) < 4.78 is 1.48. The molecule has 0 fully saturated rings. The predicted octanol–water partition coefficient (Wildman–Crippen LogP) is 0.324. The molecule has 5 nitrogen and oxygen atoms in total. The minimum atomic E-state index is -0.0914. The number of hydrogen-bond acceptors (Lipinski definition) is 3. The molecule has 0 aliphatic heterocycles. The van der Waals surface area contributed by atoms with E-state index in [0.717, 1.165) is 0 Å². The molecule has 0 unspecified atom stereocenters. The lowest BCUT2D eigenvalue weighted by atomic mass is 10.2. The molecule has 0 spiro atoms. The third kappa shape index (κ3) is 3.49. The maximum atomic E-state index is 11.5. The van der Waals surface area contributed by atoms with E-state index in [-0.39, 0.29) is 17.4 Å². The molecule has 1 heterocycles. The van der Waals surface area contributed by atoms with Crippen LogP contribution in [0.3, 0.4) is 0 Å². The summed E-state index contributed by atoms with van der Waals surface area (Å²) in [5, 5.41) is 2.75. The second-order valence-corrected chi connectivity index (χ2v) is 4.01. The van der Waals surface area contributed by atoms with Crippen LogP contribution in [0.5, 0.6) is 0 Å². The van der Waals surface area contributed by atoms with E-state index in [4.69, 9.17) is 0 Å². The number of hydrogen-bond donors (Lipinski definition) is 1. The smallest absolute Gasteiger partial charge is 0.253 e. The first-order valence-electron chi connectivity index (χ1n) is 5.31. The summed E-state index contributed by atoms with van der Waals surface area (Å²) in [6.45, 7) is 6.32. The van der Waals surface area contributed by atoms with E-state index < -0.39 is 0 Å². The third-order valence-electron chi connectivity index (χ3n) is 2.19. The maximum absolute atomic E-state index is 11.5. The fraction of sp³-hybridized carbons (Fsp3) is 0.545. The van der Waals surface area contributed by atoms with Crippen molar-refractivity contribution in [1.82, 2.24) is 14.9 Å². The van der Waals surface area contributed by atoms with Crippen molar-refractivity contribution in [3.05, 3.63) is 28.4 Å². The van der Waals surface area contributed by atoms with Gasteiger partial charge in [-0.1, -0.05) is 13.8 Å². The van der Waals surface area contributed by atoms with Gasteiger partial charge in [0.05, 0.1) is 6.33 Å². The van der Waals surface area contributed by atoms with Crippen molar-refractivity contribution in [3.8, 4) is 0 Å². The molecule has 0 aromatic carbocycles. The fourth-order valence-electron chi connectivity index (χ4n) is 1.19. The van der Waals surface area contributed by atoms with Gasteiger partial charge in [-0.05, 0) is 6.92 Å². The lowest BCUT2D eigenvalue weighted by molar-refractivity contribution is -0.124. The van der Waals surface area contributed by atoms with Gasteiger partial charge in [0.25, 0.3) is 5.56 Å². The van der Waals surface area contributed by atoms with Crippen molar-refractivity contribution >= 4 is 5.91 Å². The van der Waals surface area contributed by atoms with E-state index in [1.54, 1.807) is 6.92 Å². The monoisotopic (exact) mass is 223 g/mol. The molecule has 1 aromatic heterocycles. The van der Waals surface area contributed by atoms with Crippen LogP contribution < -0.4 is 10.9 Å². The minimum absolute atomic E-state index is 0.00637. The van der Waals surface area contributed by atoms with Crippen molar-refractivity contribution in [2.24, 2.45) is 5.92 Å². The van der Waals surface area contributed by atoms with E-state index in [1.807, 2.05) is 13.8 Å². The zero-order valence-electron chi connectivity index (χ0n) is 9.86. The van der Waals surface area contributed by atoms with Crippen molar-refractivity contribution in [3.63, 3.8) is 0 Å². The Labute approximate surface area is 94.5 Å². The van der Waals surface area contributed by atoms with Gasteiger partial charge in [-0.3, -0.25) is 14.2 Å². The predicted molar refractivity (Wildman–Crippen MR) is 61.1 cm³/mol. The Morgan fingerprint density at radius 2 is 2.25 bits per heavy atom. The maximum Gasteiger partial charge on any atom is 0.253 e. The summed E-state index contributed by atoms with van der Waals surface area (Å²) in [4.78, 5) is 26.7. The molecule has 0 bridgehead atoms. The second-order valence-electron chi connectivity index (χ2n) is 4.01. The third-order valence-corrected chi connectivity index (χ3v) is 2.19. The van der Waals surface area contributed by atoms with E-state index in [2.05, 4.69) is 10.3 Å². The number of nitrogens with one attached hydrogen (secondary N) is 1. The Bertz CT molecular complexity index is 423. The summed E-state index contributed by atoms with van der Waals surface area (Å²) >= 11 is 0. The number of carbonyl (C=O) groups is 1. The van der Waals surface area contributed by atoms with Crippen LogP contribution in [0.2, 0.25) is 0 Å². The highest BCUT2D eigenvalue weighted by Crippen LogP contribution is 1.90. The Morgan fingerprint density at radius 1 is 1.56 bits per heavy atom. The van der Waals surface area contributed by atoms with Gasteiger partial charge in [-0.25, -0.2) is 4.98 Å². The van der Waals surface area contributed by atoms with E-state index >= 15 is 0 Å². The van der Waals surface area contributed by atoms with Crippen LogP contribution in [0.1, 0.15) is 19.5 Å². The molecule has 1 N–H and O–H groups in total. The molecule has 88 valence electrons. The van der Waals surface area contributed by atoms with Gasteiger partial charge < -0.3 is 5.32 Å². The molecule has 0 aliphatic carbocycles. The summed E-state index contributed by atoms with van der Waals surface area (Å²) in [7, 11) is 0. The van der Waals surface area contributed by atoms with Crippen LogP contribution >= 0.6 is 0 Å². The molecule has 1 rings (SSSR count). The van der Waals surface area contributed by atoms with Gasteiger partial charge in [0, 0.05) is 30.8 Å². The van der Waals surface area contributed by atoms with E-state index in [9.17, 15) is 9.59 Å². The Kier molecular flexibility index (Phi) is 4.22. The summed E-state index contributed by atoms with van der Waals surface area (Å²) in [6.07, 6.45) is 1.50. The molecule has 16 heavy (non-hydrogen) atoms. The van der Waals surface area contributed by atoms with Gasteiger partial charge >= 0.3 is 0 Å². The molecule has 0 saturated carbocycles. The SMILES string of the molecule is Cc1cc(=O)n(CCNC(=O)C(C)C)cn1. The Balaban J connectivity index is 2.50. The van der Waals surface area contributed by atoms with E-state index in [0.29, 0.717) is 18.8 Å². The summed E-state index contributed by atoms with van der Waals surface area (Å²) in [5.41, 5.74) is 0.610. The first kappa shape index (κ1) is 12.4. The molecule has 5 heteroatoms. The topological polar surface area (TPSA) is 64.0 Å². The van der Waals surface area contributed by atoms with Crippen LogP contribution in [0.25, 0.3) is 0 Å². The van der Waals surface area contributed by atoms with Crippen LogP contribution in [0, 0.1) is 12.8 Å². The average Bonchev–Trinajstić information content (AvgIpc) is 2.20. The highest BCUT2D eigenvalue weighted by Gasteiger charge is 2.05. The molecule has 0 saturated heterocycles. The number of amides is 1. The largest absolute Gasteiger partial charge is 0.354 e. The van der Waals surface area contributed by atoms with Crippen LogP contribution in [0.15, 0.2) is 17.2 Å².